The minimum atomic E-state index is -2.27. The summed E-state index contributed by atoms with van der Waals surface area (Å²) >= 11 is 0. The standard InChI is InChI=1S/C45H36O17/c46-19-12-29(54)35-32(13-19)61-45(18-3-7-25(50)28(53)11-18)44(58)38(35)37-33(62-45)15-30(55)36-34(39(57)41(60-43(36)37)17-2-6-24(49)27(52)10-17)20-4-8-22(47)21-14-31(56)40(59-42(20)21)16-1-5-23(48)26(51)9-16/h1-13,15,31,34,38-41,44,46-58H,14H2. The van der Waals surface area contributed by atoms with Crippen molar-refractivity contribution in [1.82, 2.24) is 0 Å². The van der Waals surface area contributed by atoms with Crippen molar-refractivity contribution in [2.75, 3.05) is 0 Å². The van der Waals surface area contributed by atoms with Crippen LogP contribution in [-0.2, 0) is 12.2 Å². The summed E-state index contributed by atoms with van der Waals surface area (Å²) in [5, 5.41) is 143. The van der Waals surface area contributed by atoms with Crippen molar-refractivity contribution in [2.45, 2.75) is 54.6 Å². The second kappa shape index (κ2) is 13.5. The molecular weight excluding hydrogens is 812 g/mol. The highest BCUT2D eigenvalue weighted by Crippen LogP contribution is 2.65. The zero-order chi connectivity index (χ0) is 43.7. The Morgan fingerprint density at radius 3 is 1.68 bits per heavy atom. The van der Waals surface area contributed by atoms with Crippen LogP contribution in [-0.4, -0.2) is 84.7 Å². The Hall–Kier alpha value is -7.60. The van der Waals surface area contributed by atoms with E-state index in [1.165, 1.54) is 60.7 Å². The van der Waals surface area contributed by atoms with E-state index in [1.807, 2.05) is 0 Å². The van der Waals surface area contributed by atoms with Gasteiger partial charge in [-0.3, -0.25) is 0 Å². The molecule has 6 aromatic carbocycles. The summed E-state index contributed by atoms with van der Waals surface area (Å²) in [6.07, 6.45) is -7.65. The monoisotopic (exact) mass is 848 g/mol. The van der Waals surface area contributed by atoms with Crippen LogP contribution in [0.5, 0.6) is 80.5 Å². The maximum atomic E-state index is 12.5. The normalized spacial score (nSPS) is 25.4. The second-order valence-corrected chi connectivity index (χ2v) is 15.7. The highest BCUT2D eigenvalue weighted by Gasteiger charge is 2.61. The molecule has 4 aliphatic rings. The van der Waals surface area contributed by atoms with Crippen LogP contribution in [0.25, 0.3) is 0 Å². The predicted octanol–water partition coefficient (Wildman–Crippen LogP) is 4.54. The first-order chi connectivity index (χ1) is 29.6. The fraction of sp³-hybridized carbons (Fsp3) is 0.200. The van der Waals surface area contributed by atoms with Crippen molar-refractivity contribution in [2.24, 2.45) is 0 Å². The Morgan fingerprint density at radius 2 is 1.03 bits per heavy atom. The van der Waals surface area contributed by atoms with Crippen LogP contribution >= 0.6 is 0 Å². The van der Waals surface area contributed by atoms with Crippen molar-refractivity contribution >= 4 is 0 Å². The molecule has 17 heteroatoms. The molecule has 318 valence electrons. The third-order valence-corrected chi connectivity index (χ3v) is 12.1. The molecule has 0 aromatic heterocycles. The van der Waals surface area contributed by atoms with Crippen LogP contribution in [0, 0.1) is 0 Å². The van der Waals surface area contributed by atoms with Gasteiger partial charge in [0.1, 0.15) is 64.3 Å². The van der Waals surface area contributed by atoms with Gasteiger partial charge in [-0.25, -0.2) is 0 Å². The second-order valence-electron chi connectivity index (χ2n) is 15.7. The first-order valence-electron chi connectivity index (χ1n) is 19.2. The number of aliphatic hydroxyl groups is 3. The molecule has 0 spiro atoms. The summed E-state index contributed by atoms with van der Waals surface area (Å²) in [5.74, 6) is -10.5. The van der Waals surface area contributed by atoms with Crippen molar-refractivity contribution in [1.29, 1.82) is 0 Å². The van der Waals surface area contributed by atoms with Crippen LogP contribution in [0.1, 0.15) is 68.6 Å². The van der Waals surface area contributed by atoms with Crippen molar-refractivity contribution in [3.8, 4) is 80.5 Å². The molecule has 13 N–H and O–H groups in total. The van der Waals surface area contributed by atoms with Gasteiger partial charge in [0.2, 0.25) is 0 Å². The van der Waals surface area contributed by atoms with Gasteiger partial charge in [-0.1, -0.05) is 18.2 Å². The highest BCUT2D eigenvalue weighted by atomic mass is 16.7. The van der Waals surface area contributed by atoms with Crippen molar-refractivity contribution < 1.29 is 85.3 Å². The summed E-state index contributed by atoms with van der Waals surface area (Å²) in [6.45, 7) is 0. The Balaban J connectivity index is 1.23. The summed E-state index contributed by atoms with van der Waals surface area (Å²) in [5.41, 5.74) is 0.438. The van der Waals surface area contributed by atoms with E-state index in [4.69, 9.17) is 18.9 Å². The number of benzene rings is 6. The van der Waals surface area contributed by atoms with E-state index < -0.39 is 99.9 Å². The molecule has 0 saturated carbocycles. The molecule has 4 aliphatic heterocycles. The number of phenols is 10. The molecule has 0 radical (unpaired) electrons. The number of aliphatic hydroxyl groups excluding tert-OH is 3. The summed E-state index contributed by atoms with van der Waals surface area (Å²) < 4.78 is 25.8. The van der Waals surface area contributed by atoms with Gasteiger partial charge < -0.3 is 85.3 Å². The van der Waals surface area contributed by atoms with Crippen LogP contribution in [0.4, 0.5) is 0 Å². The van der Waals surface area contributed by atoms with E-state index in [0.29, 0.717) is 0 Å². The molecule has 8 unspecified atom stereocenters. The molecular formula is C45H36O17. The molecule has 0 fully saturated rings. The van der Waals surface area contributed by atoms with Gasteiger partial charge >= 0.3 is 5.79 Å². The van der Waals surface area contributed by atoms with E-state index in [0.717, 1.165) is 24.3 Å². The van der Waals surface area contributed by atoms with Gasteiger partial charge in [-0.15, -0.1) is 0 Å². The summed E-state index contributed by atoms with van der Waals surface area (Å²) in [7, 11) is 0. The van der Waals surface area contributed by atoms with Gasteiger partial charge in [-0.05, 0) is 59.7 Å². The zero-order valence-corrected chi connectivity index (χ0v) is 31.8. The van der Waals surface area contributed by atoms with E-state index in [9.17, 15) is 66.4 Å². The molecule has 10 rings (SSSR count). The van der Waals surface area contributed by atoms with Crippen LogP contribution < -0.4 is 18.9 Å². The number of hydrogen-bond acceptors (Lipinski definition) is 17. The first-order valence-corrected chi connectivity index (χ1v) is 19.2. The average molecular weight is 849 g/mol. The van der Waals surface area contributed by atoms with Gasteiger partial charge in [0.15, 0.2) is 40.6 Å². The predicted molar refractivity (Wildman–Crippen MR) is 210 cm³/mol. The van der Waals surface area contributed by atoms with Gasteiger partial charge in [0, 0.05) is 63.9 Å². The molecule has 17 nitrogen and oxygen atoms in total. The summed E-state index contributed by atoms with van der Waals surface area (Å²) in [6, 6.07) is 17.1. The van der Waals surface area contributed by atoms with Crippen LogP contribution in [0.3, 0.4) is 0 Å². The Labute approximate surface area is 349 Å². The Morgan fingerprint density at radius 1 is 0.468 bits per heavy atom. The third kappa shape index (κ3) is 5.52. The van der Waals surface area contributed by atoms with Gasteiger partial charge in [0.05, 0.1) is 12.0 Å². The molecule has 8 atom stereocenters. The van der Waals surface area contributed by atoms with Crippen molar-refractivity contribution in [3.63, 3.8) is 0 Å². The molecule has 0 amide bonds. The van der Waals surface area contributed by atoms with E-state index >= 15 is 0 Å². The Bertz CT molecular complexity index is 2860. The first kappa shape index (κ1) is 38.6. The Kier molecular flexibility index (Phi) is 8.37. The SMILES string of the molecule is Oc1cc(O)c2c(c1)OC1(c3ccc(O)c(O)c3)Oc3cc(O)c4c(c3C2C1O)OC(c1ccc(O)c(O)c1)C(O)C4c1ccc(O)c2c1OC(c1ccc(O)c(O)c1)C(O)C2. The van der Waals surface area contributed by atoms with Crippen molar-refractivity contribution in [3.05, 3.63) is 129 Å². The number of hydrogen-bond donors (Lipinski definition) is 13. The van der Waals surface area contributed by atoms with Gasteiger partial charge in [0.25, 0.3) is 0 Å². The minimum Gasteiger partial charge on any atom is -0.508 e. The molecule has 62 heavy (non-hydrogen) atoms. The van der Waals surface area contributed by atoms with Crippen LogP contribution in [0.2, 0.25) is 0 Å². The molecule has 2 bridgehead atoms. The molecule has 4 heterocycles. The lowest BCUT2D eigenvalue weighted by Gasteiger charge is -2.51. The maximum absolute atomic E-state index is 12.5. The van der Waals surface area contributed by atoms with Gasteiger partial charge in [-0.2, -0.15) is 0 Å². The minimum absolute atomic E-state index is 0.000738. The lowest BCUT2D eigenvalue weighted by atomic mass is 9.71. The number of rotatable bonds is 4. The molecule has 6 aromatic rings. The fourth-order valence-corrected chi connectivity index (χ4v) is 9.24. The zero-order valence-electron chi connectivity index (χ0n) is 31.8. The number of fused-ring (bicyclic) bond motifs is 9. The largest absolute Gasteiger partial charge is 0.508 e. The van der Waals surface area contributed by atoms with E-state index in [-0.39, 0.29) is 79.7 Å². The third-order valence-electron chi connectivity index (χ3n) is 12.1. The van der Waals surface area contributed by atoms with Crippen LogP contribution in [0.15, 0.2) is 84.9 Å². The molecule has 0 saturated heterocycles. The molecule has 0 aliphatic carbocycles. The lowest BCUT2D eigenvalue weighted by Crippen LogP contribution is -2.57. The lowest BCUT2D eigenvalue weighted by molar-refractivity contribution is -0.219. The van der Waals surface area contributed by atoms with E-state index in [1.54, 1.807) is 0 Å². The number of aromatic hydroxyl groups is 10. The topological polar surface area (TPSA) is 300 Å². The quantitative estimate of drug-likeness (QED) is 0.108. The number of phenolic OH excluding ortho intramolecular Hbond substituents is 10. The summed E-state index contributed by atoms with van der Waals surface area (Å²) in [4.78, 5) is 0. The smallest absolute Gasteiger partial charge is 0.305 e. The average Bonchev–Trinajstić information content (AvgIpc) is 3.22. The maximum Gasteiger partial charge on any atom is 0.305 e. The van der Waals surface area contributed by atoms with E-state index in [2.05, 4.69) is 0 Å². The number of ether oxygens (including phenoxy) is 4. The fourth-order valence-electron chi connectivity index (χ4n) is 9.24. The highest BCUT2D eigenvalue weighted by molar-refractivity contribution is 5.71.